The number of carboxylic acid groups (broad SMARTS) is 1. The Morgan fingerprint density at radius 2 is 2.00 bits per heavy atom. The van der Waals surface area contributed by atoms with Crippen molar-refractivity contribution in [2.75, 3.05) is 13.1 Å². The molecule has 1 aliphatic rings. The zero-order valence-corrected chi connectivity index (χ0v) is 12.1. The van der Waals surface area contributed by atoms with Crippen LogP contribution in [0.5, 0.6) is 0 Å². The molecule has 0 saturated carbocycles. The van der Waals surface area contributed by atoms with Crippen LogP contribution in [0.3, 0.4) is 0 Å². The van der Waals surface area contributed by atoms with Crippen LogP contribution in [-0.4, -0.2) is 41.0 Å². The molecule has 1 fully saturated rings. The van der Waals surface area contributed by atoms with Gasteiger partial charge >= 0.3 is 5.97 Å². The van der Waals surface area contributed by atoms with Gasteiger partial charge in [0.1, 0.15) is 6.04 Å². The monoisotopic (exact) mass is 291 g/mol. The molecule has 1 aliphatic heterocycles. The number of hydrazine groups is 1. The fourth-order valence-electron chi connectivity index (χ4n) is 2.50. The molecule has 1 amide bonds. The van der Waals surface area contributed by atoms with E-state index in [-0.39, 0.29) is 31.0 Å². The zero-order chi connectivity index (χ0) is 15.2. The number of likely N-dealkylation sites (N-methyl/N-ethyl adjacent to an activating group) is 1. The van der Waals surface area contributed by atoms with Crippen molar-refractivity contribution in [3.8, 4) is 0 Å². The predicted octanol–water partition coefficient (Wildman–Crippen LogP) is 0.917. The van der Waals surface area contributed by atoms with Gasteiger partial charge in [0.2, 0.25) is 5.91 Å². The number of carbonyl (C=O) groups is 2. The third-order valence-electron chi connectivity index (χ3n) is 3.69. The number of rotatable bonds is 6. The van der Waals surface area contributed by atoms with Crippen LogP contribution in [0.25, 0.3) is 0 Å². The lowest BCUT2D eigenvalue weighted by molar-refractivity contribution is -0.138. The molecule has 0 bridgehead atoms. The summed E-state index contributed by atoms with van der Waals surface area (Å²) in [4.78, 5) is 24.6. The van der Waals surface area contributed by atoms with Gasteiger partial charge in [0, 0.05) is 19.1 Å². The minimum Gasteiger partial charge on any atom is -0.481 e. The lowest BCUT2D eigenvalue weighted by Gasteiger charge is -2.23. The highest BCUT2D eigenvalue weighted by Crippen LogP contribution is 2.22. The van der Waals surface area contributed by atoms with Gasteiger partial charge in [-0.3, -0.25) is 9.59 Å². The van der Waals surface area contributed by atoms with Gasteiger partial charge in [-0.15, -0.1) is 0 Å². The Kier molecular flexibility index (Phi) is 5.30. The average Bonchev–Trinajstić information content (AvgIpc) is 2.98. The number of benzene rings is 1. The summed E-state index contributed by atoms with van der Waals surface area (Å²) in [6, 6.07) is 9.72. The van der Waals surface area contributed by atoms with Crippen molar-refractivity contribution < 1.29 is 14.7 Å². The summed E-state index contributed by atoms with van der Waals surface area (Å²) in [5, 5.41) is 8.73. The largest absolute Gasteiger partial charge is 0.481 e. The van der Waals surface area contributed by atoms with E-state index in [1.165, 1.54) is 0 Å². The number of nitrogens with one attached hydrogen (secondary N) is 2. The molecule has 2 rings (SSSR count). The van der Waals surface area contributed by atoms with E-state index in [0.29, 0.717) is 13.0 Å². The van der Waals surface area contributed by atoms with Gasteiger partial charge < -0.3 is 10.0 Å². The fourth-order valence-corrected chi connectivity index (χ4v) is 2.50. The number of hydrogen-bond donors (Lipinski definition) is 3. The van der Waals surface area contributed by atoms with Gasteiger partial charge in [0.05, 0.1) is 6.42 Å². The number of hydrogen-bond acceptors (Lipinski definition) is 4. The van der Waals surface area contributed by atoms with Crippen LogP contribution in [0.15, 0.2) is 30.3 Å². The molecule has 21 heavy (non-hydrogen) atoms. The molecule has 1 saturated heterocycles. The van der Waals surface area contributed by atoms with Gasteiger partial charge in [-0.1, -0.05) is 30.3 Å². The first-order valence-corrected chi connectivity index (χ1v) is 7.18. The summed E-state index contributed by atoms with van der Waals surface area (Å²) in [6.45, 7) is 2.62. The Labute approximate surface area is 124 Å². The highest BCUT2D eigenvalue weighted by atomic mass is 16.4. The van der Waals surface area contributed by atoms with Crippen molar-refractivity contribution in [3.63, 3.8) is 0 Å². The lowest BCUT2D eigenvalue weighted by atomic mass is 10.0. The summed E-state index contributed by atoms with van der Waals surface area (Å²) >= 11 is 0. The Balaban J connectivity index is 1.93. The Morgan fingerprint density at radius 3 is 2.62 bits per heavy atom. The third-order valence-corrected chi connectivity index (χ3v) is 3.69. The normalized spacial score (nSPS) is 21.2. The molecule has 3 N–H and O–H groups in total. The van der Waals surface area contributed by atoms with E-state index in [2.05, 4.69) is 10.9 Å². The number of nitrogens with zero attached hydrogens (tertiary/aromatic N) is 1. The summed E-state index contributed by atoms with van der Waals surface area (Å²) in [7, 11) is 0. The Morgan fingerprint density at radius 1 is 1.29 bits per heavy atom. The summed E-state index contributed by atoms with van der Waals surface area (Å²) in [5.74, 6) is -0.939. The van der Waals surface area contributed by atoms with E-state index >= 15 is 0 Å². The second-order valence-electron chi connectivity index (χ2n) is 5.10. The second kappa shape index (κ2) is 7.19. The van der Waals surface area contributed by atoms with Crippen LogP contribution in [0, 0.1) is 0 Å². The van der Waals surface area contributed by atoms with Crippen molar-refractivity contribution in [1.29, 1.82) is 0 Å². The van der Waals surface area contributed by atoms with Crippen LogP contribution in [0.1, 0.15) is 31.4 Å². The Bertz CT molecular complexity index is 492. The maximum Gasteiger partial charge on any atom is 0.305 e. The summed E-state index contributed by atoms with van der Waals surface area (Å²) < 4.78 is 0. The lowest BCUT2D eigenvalue weighted by Crippen LogP contribution is -2.46. The second-order valence-corrected chi connectivity index (χ2v) is 5.10. The van der Waals surface area contributed by atoms with Gasteiger partial charge in [0.15, 0.2) is 0 Å². The minimum absolute atomic E-state index is 0.0259. The molecule has 2 unspecified atom stereocenters. The highest BCUT2D eigenvalue weighted by molar-refractivity contribution is 5.82. The quantitative estimate of drug-likeness (QED) is 0.726. The first-order chi connectivity index (χ1) is 10.1. The van der Waals surface area contributed by atoms with Crippen molar-refractivity contribution in [1.82, 2.24) is 15.8 Å². The third kappa shape index (κ3) is 4.03. The van der Waals surface area contributed by atoms with E-state index in [9.17, 15) is 9.59 Å². The number of carboxylic acids is 1. The molecule has 1 aromatic rings. The molecule has 0 aliphatic carbocycles. The molecule has 0 aromatic heterocycles. The molecule has 6 heteroatoms. The van der Waals surface area contributed by atoms with Gasteiger partial charge in [-0.25, -0.2) is 10.9 Å². The molecule has 1 heterocycles. The smallest absolute Gasteiger partial charge is 0.305 e. The van der Waals surface area contributed by atoms with Crippen LogP contribution in [0.4, 0.5) is 0 Å². The maximum absolute atomic E-state index is 12.4. The van der Waals surface area contributed by atoms with E-state index in [1.54, 1.807) is 4.90 Å². The molecule has 114 valence electrons. The van der Waals surface area contributed by atoms with Crippen LogP contribution < -0.4 is 10.9 Å². The average molecular weight is 291 g/mol. The molecule has 0 spiro atoms. The van der Waals surface area contributed by atoms with E-state index in [1.807, 2.05) is 37.3 Å². The molecule has 6 nitrogen and oxygen atoms in total. The highest BCUT2D eigenvalue weighted by Gasteiger charge is 2.32. The van der Waals surface area contributed by atoms with Crippen LogP contribution in [0.2, 0.25) is 0 Å². The first-order valence-electron chi connectivity index (χ1n) is 7.18. The van der Waals surface area contributed by atoms with E-state index in [4.69, 9.17) is 5.11 Å². The standard InChI is InChI=1S/C15H21N3O3/c1-2-18(9-8-14(19)20)15(21)13-10-12(16-17-13)11-6-4-3-5-7-11/h3-7,12-13,16-17H,2,8-10H2,1H3,(H,19,20). The fraction of sp³-hybridized carbons (Fsp3) is 0.467. The van der Waals surface area contributed by atoms with Crippen LogP contribution >= 0.6 is 0 Å². The number of amides is 1. The summed E-state index contributed by atoms with van der Waals surface area (Å²) in [5.41, 5.74) is 7.29. The molecule has 1 aromatic carbocycles. The Hall–Kier alpha value is -1.92. The van der Waals surface area contributed by atoms with Crippen molar-refractivity contribution in [2.45, 2.75) is 31.8 Å². The molecule has 0 radical (unpaired) electrons. The molecular formula is C15H21N3O3. The predicted molar refractivity (Wildman–Crippen MR) is 78.4 cm³/mol. The SMILES string of the molecule is CCN(CCC(=O)O)C(=O)C1CC(c2ccccc2)NN1. The van der Waals surface area contributed by atoms with Crippen molar-refractivity contribution in [2.24, 2.45) is 0 Å². The van der Waals surface area contributed by atoms with Gasteiger partial charge in [-0.2, -0.15) is 0 Å². The maximum atomic E-state index is 12.4. The topological polar surface area (TPSA) is 81.7 Å². The van der Waals surface area contributed by atoms with Crippen LogP contribution in [-0.2, 0) is 9.59 Å². The number of aliphatic carboxylic acids is 1. The van der Waals surface area contributed by atoms with Gasteiger partial charge in [-0.05, 0) is 18.9 Å². The molecular weight excluding hydrogens is 270 g/mol. The zero-order valence-electron chi connectivity index (χ0n) is 12.1. The van der Waals surface area contributed by atoms with Crippen molar-refractivity contribution in [3.05, 3.63) is 35.9 Å². The first kappa shape index (κ1) is 15.5. The van der Waals surface area contributed by atoms with Gasteiger partial charge in [0.25, 0.3) is 0 Å². The minimum atomic E-state index is -0.888. The number of carbonyl (C=O) groups excluding carboxylic acids is 1. The van der Waals surface area contributed by atoms with E-state index < -0.39 is 5.97 Å². The van der Waals surface area contributed by atoms with E-state index in [0.717, 1.165) is 5.56 Å². The van der Waals surface area contributed by atoms with Crippen molar-refractivity contribution >= 4 is 11.9 Å². The summed E-state index contributed by atoms with van der Waals surface area (Å²) in [6.07, 6.45) is 0.633. The molecule has 2 atom stereocenters.